The Morgan fingerprint density at radius 3 is 2.50 bits per heavy atom. The van der Waals surface area contributed by atoms with E-state index in [-0.39, 0.29) is 17.9 Å². The molecule has 0 bridgehead atoms. The highest BCUT2D eigenvalue weighted by Crippen LogP contribution is 2.43. The maximum Gasteiger partial charge on any atom is 0.222 e. The van der Waals surface area contributed by atoms with E-state index < -0.39 is 8.24 Å². The summed E-state index contributed by atoms with van der Waals surface area (Å²) in [6.07, 6.45) is 1.69. The smallest absolute Gasteiger partial charge is 0.222 e. The van der Waals surface area contributed by atoms with Gasteiger partial charge in [-0.25, -0.2) is 0 Å². The Morgan fingerprint density at radius 1 is 1.39 bits per heavy atom. The summed E-state index contributed by atoms with van der Waals surface area (Å²) in [6, 6.07) is 4.00. The largest absolute Gasteiger partial charge is 0.467 e. The van der Waals surface area contributed by atoms with Gasteiger partial charge in [0.25, 0.3) is 0 Å². The molecule has 1 amide bonds. The Morgan fingerprint density at radius 2 is 2.06 bits per heavy atom. The third kappa shape index (κ3) is 2.24. The minimum absolute atomic E-state index is 0.0397. The normalized spacial score (nSPS) is 24.6. The zero-order valence-electron chi connectivity index (χ0n) is 11.8. The second-order valence-electron chi connectivity index (χ2n) is 6.21. The minimum Gasteiger partial charge on any atom is -0.467 e. The molecule has 0 radical (unpaired) electrons. The van der Waals surface area contributed by atoms with Gasteiger partial charge >= 0.3 is 0 Å². The highest BCUT2D eigenvalue weighted by atomic mass is 28.3. The Hall–Kier alpha value is -1.07. The number of nitrogens with zero attached hydrogens (tertiary/aromatic N) is 2. The standard InChI is InChI=1S/C13H22N2O2Si/c1-14(2)9-10-12(11-7-6-8-17-11)15(13(10)16)18(3,4)5/h6-8,10,12H,9H2,1-5H3. The first-order chi connectivity index (χ1) is 8.32. The van der Waals surface area contributed by atoms with Crippen LogP contribution in [0.1, 0.15) is 11.8 Å². The van der Waals surface area contributed by atoms with Gasteiger partial charge in [-0.2, -0.15) is 0 Å². The quantitative estimate of drug-likeness (QED) is 0.619. The topological polar surface area (TPSA) is 36.7 Å². The molecule has 1 fully saturated rings. The van der Waals surface area contributed by atoms with Gasteiger partial charge in [-0.3, -0.25) is 4.79 Å². The zero-order chi connectivity index (χ0) is 13.5. The highest BCUT2D eigenvalue weighted by Gasteiger charge is 2.53. The monoisotopic (exact) mass is 266 g/mol. The van der Waals surface area contributed by atoms with Crippen molar-refractivity contribution in [2.24, 2.45) is 5.92 Å². The molecule has 1 aromatic rings. The first kappa shape index (κ1) is 13.4. The van der Waals surface area contributed by atoms with E-state index in [1.165, 1.54) is 0 Å². The molecule has 1 aliphatic rings. The average molecular weight is 266 g/mol. The first-order valence-corrected chi connectivity index (χ1v) is 9.78. The van der Waals surface area contributed by atoms with Gasteiger partial charge in [-0.1, -0.05) is 19.6 Å². The summed E-state index contributed by atoms with van der Waals surface area (Å²) >= 11 is 0. The molecule has 4 nitrogen and oxygen atoms in total. The molecule has 2 heterocycles. The number of furan rings is 1. The van der Waals surface area contributed by atoms with Gasteiger partial charge in [-0.15, -0.1) is 0 Å². The zero-order valence-corrected chi connectivity index (χ0v) is 12.8. The summed E-state index contributed by atoms with van der Waals surface area (Å²) in [6.45, 7) is 7.39. The molecule has 2 rings (SSSR count). The lowest BCUT2D eigenvalue weighted by molar-refractivity contribution is -0.150. The molecule has 1 aromatic heterocycles. The molecule has 1 saturated heterocycles. The predicted molar refractivity (Wildman–Crippen MR) is 73.7 cm³/mol. The molecule has 1 aliphatic heterocycles. The van der Waals surface area contributed by atoms with E-state index >= 15 is 0 Å². The van der Waals surface area contributed by atoms with Crippen LogP contribution in [0.4, 0.5) is 0 Å². The van der Waals surface area contributed by atoms with E-state index in [9.17, 15) is 4.79 Å². The van der Waals surface area contributed by atoms with Crippen molar-refractivity contribution < 1.29 is 9.21 Å². The molecule has 2 unspecified atom stereocenters. The van der Waals surface area contributed by atoms with E-state index in [0.717, 1.165) is 12.3 Å². The van der Waals surface area contributed by atoms with Crippen molar-refractivity contribution in [2.75, 3.05) is 20.6 Å². The Kier molecular flexibility index (Phi) is 3.38. The van der Waals surface area contributed by atoms with Crippen molar-refractivity contribution in [3.63, 3.8) is 0 Å². The molecule has 0 saturated carbocycles. The maximum absolute atomic E-state index is 12.3. The third-order valence-corrected chi connectivity index (χ3v) is 5.28. The molecular weight excluding hydrogens is 244 g/mol. The van der Waals surface area contributed by atoms with Gasteiger partial charge < -0.3 is 13.9 Å². The van der Waals surface area contributed by atoms with Gasteiger partial charge in [0.1, 0.15) is 5.76 Å². The third-order valence-electron chi connectivity index (χ3n) is 3.33. The van der Waals surface area contributed by atoms with Crippen molar-refractivity contribution in [1.29, 1.82) is 0 Å². The molecular formula is C13H22N2O2Si. The van der Waals surface area contributed by atoms with Crippen LogP contribution in [-0.4, -0.2) is 44.2 Å². The molecule has 2 atom stereocenters. The second kappa shape index (κ2) is 4.55. The number of carbonyl (C=O) groups excluding carboxylic acids is 1. The lowest BCUT2D eigenvalue weighted by atomic mass is 9.88. The summed E-state index contributed by atoms with van der Waals surface area (Å²) in [4.78, 5) is 14.4. The summed E-state index contributed by atoms with van der Waals surface area (Å²) < 4.78 is 7.60. The molecule has 0 aliphatic carbocycles. The molecule has 5 heteroatoms. The van der Waals surface area contributed by atoms with Crippen molar-refractivity contribution in [3.05, 3.63) is 24.2 Å². The minimum atomic E-state index is -1.64. The fourth-order valence-electron chi connectivity index (χ4n) is 2.65. The molecule has 0 aromatic carbocycles. The number of hydrogen-bond donors (Lipinski definition) is 0. The van der Waals surface area contributed by atoms with Crippen LogP contribution in [0.5, 0.6) is 0 Å². The number of β-lactam (4-membered cyclic amide) rings is 1. The summed E-state index contributed by atoms with van der Waals surface area (Å²) in [7, 11) is 2.36. The van der Waals surface area contributed by atoms with Crippen LogP contribution in [0.15, 0.2) is 22.8 Å². The van der Waals surface area contributed by atoms with Gasteiger partial charge in [-0.05, 0) is 26.2 Å². The van der Waals surface area contributed by atoms with Crippen LogP contribution in [0.3, 0.4) is 0 Å². The Bertz CT molecular complexity index is 423. The van der Waals surface area contributed by atoms with E-state index in [0.29, 0.717) is 0 Å². The number of rotatable bonds is 4. The van der Waals surface area contributed by atoms with Crippen LogP contribution in [-0.2, 0) is 4.79 Å². The first-order valence-electron chi connectivity index (χ1n) is 6.33. The fourth-order valence-corrected chi connectivity index (χ4v) is 4.62. The molecule has 0 N–H and O–H groups in total. The average Bonchev–Trinajstić information content (AvgIpc) is 2.72. The van der Waals surface area contributed by atoms with Crippen LogP contribution in [0.25, 0.3) is 0 Å². The Balaban J connectivity index is 2.26. The van der Waals surface area contributed by atoms with Crippen molar-refractivity contribution in [2.45, 2.75) is 25.7 Å². The van der Waals surface area contributed by atoms with Gasteiger partial charge in [0.2, 0.25) is 5.91 Å². The SMILES string of the molecule is CN(C)CC1C(=O)N([Si](C)(C)C)C1c1ccco1. The summed E-state index contributed by atoms with van der Waals surface area (Å²) in [5, 5.41) is 0. The lowest BCUT2D eigenvalue weighted by Crippen LogP contribution is -2.66. The molecule has 0 spiro atoms. The van der Waals surface area contributed by atoms with Gasteiger partial charge in [0.05, 0.1) is 18.2 Å². The van der Waals surface area contributed by atoms with Crippen LogP contribution in [0.2, 0.25) is 19.6 Å². The van der Waals surface area contributed by atoms with Crippen molar-refractivity contribution in [3.8, 4) is 0 Å². The van der Waals surface area contributed by atoms with Crippen LogP contribution < -0.4 is 0 Å². The van der Waals surface area contributed by atoms with Crippen LogP contribution in [0, 0.1) is 5.92 Å². The van der Waals surface area contributed by atoms with E-state index in [1.54, 1.807) is 6.26 Å². The molecule has 100 valence electrons. The second-order valence-corrected chi connectivity index (χ2v) is 11.0. The number of carbonyl (C=O) groups is 1. The fraction of sp³-hybridized carbons (Fsp3) is 0.615. The van der Waals surface area contributed by atoms with Crippen molar-refractivity contribution >= 4 is 14.1 Å². The van der Waals surface area contributed by atoms with E-state index in [2.05, 4.69) is 29.1 Å². The van der Waals surface area contributed by atoms with Gasteiger partial charge in [0, 0.05) is 6.54 Å². The lowest BCUT2D eigenvalue weighted by Gasteiger charge is -2.53. The Labute approximate surface area is 110 Å². The summed E-state index contributed by atoms with van der Waals surface area (Å²) in [5.74, 6) is 1.24. The van der Waals surface area contributed by atoms with Gasteiger partial charge in [0.15, 0.2) is 8.24 Å². The number of amides is 1. The highest BCUT2D eigenvalue weighted by molar-refractivity contribution is 6.76. The van der Waals surface area contributed by atoms with Crippen LogP contribution >= 0.6 is 0 Å². The summed E-state index contributed by atoms with van der Waals surface area (Å²) in [5.41, 5.74) is 0. The molecule has 18 heavy (non-hydrogen) atoms. The predicted octanol–water partition coefficient (Wildman–Crippen LogP) is 2.18. The number of hydrogen-bond acceptors (Lipinski definition) is 3. The maximum atomic E-state index is 12.3. The van der Waals surface area contributed by atoms with E-state index in [1.807, 2.05) is 26.2 Å². The van der Waals surface area contributed by atoms with E-state index in [4.69, 9.17) is 4.42 Å². The van der Waals surface area contributed by atoms with Crippen molar-refractivity contribution in [1.82, 2.24) is 9.47 Å².